The molecule has 0 aliphatic carbocycles. The molecule has 0 radical (unpaired) electrons. The topological polar surface area (TPSA) is 91.0 Å². The van der Waals surface area contributed by atoms with Gasteiger partial charge in [-0.15, -0.1) is 0 Å². The van der Waals surface area contributed by atoms with Gasteiger partial charge in [-0.2, -0.15) is 5.26 Å². The fourth-order valence-electron chi connectivity index (χ4n) is 3.51. The van der Waals surface area contributed by atoms with E-state index in [9.17, 15) is 15.4 Å². The minimum absolute atomic E-state index is 0.00694. The van der Waals surface area contributed by atoms with Gasteiger partial charge < -0.3 is 10.6 Å². The van der Waals surface area contributed by atoms with Gasteiger partial charge in [-0.1, -0.05) is 0 Å². The molecular weight excluding hydrogens is 280 g/mol. The molecule has 2 rings (SSSR count). The lowest BCUT2D eigenvalue weighted by Gasteiger charge is -2.47. The number of non-ortho nitro benzene ring substituents is 1. The Kier molecular flexibility index (Phi) is 4.12. The van der Waals surface area contributed by atoms with E-state index in [2.05, 4.69) is 38.3 Å². The molecule has 118 valence electrons. The molecule has 1 aromatic carbocycles. The summed E-state index contributed by atoms with van der Waals surface area (Å²) in [5, 5.41) is 27.0. The highest BCUT2D eigenvalue weighted by molar-refractivity contribution is 5.61. The van der Waals surface area contributed by atoms with Crippen LogP contribution in [0.1, 0.15) is 46.1 Å². The van der Waals surface area contributed by atoms with Crippen LogP contribution in [0.25, 0.3) is 0 Å². The molecule has 1 heterocycles. The first-order chi connectivity index (χ1) is 10.1. The number of anilines is 1. The van der Waals surface area contributed by atoms with E-state index < -0.39 is 4.92 Å². The summed E-state index contributed by atoms with van der Waals surface area (Å²) in [7, 11) is 0. The fourth-order valence-corrected chi connectivity index (χ4v) is 3.51. The molecule has 1 aromatic rings. The second-order valence-corrected chi connectivity index (χ2v) is 7.24. The average molecular weight is 302 g/mol. The highest BCUT2D eigenvalue weighted by atomic mass is 16.6. The summed E-state index contributed by atoms with van der Waals surface area (Å²) in [4.78, 5) is 10.3. The largest absolute Gasteiger partial charge is 0.381 e. The van der Waals surface area contributed by atoms with Gasteiger partial charge in [0, 0.05) is 29.3 Å². The van der Waals surface area contributed by atoms with Crippen molar-refractivity contribution in [2.75, 3.05) is 5.32 Å². The van der Waals surface area contributed by atoms with E-state index in [4.69, 9.17) is 0 Å². The predicted molar refractivity (Wildman–Crippen MR) is 85.7 cm³/mol. The van der Waals surface area contributed by atoms with E-state index in [1.807, 2.05) is 6.07 Å². The maximum Gasteiger partial charge on any atom is 0.270 e. The summed E-state index contributed by atoms with van der Waals surface area (Å²) < 4.78 is 0. The van der Waals surface area contributed by atoms with Crippen LogP contribution in [0, 0.1) is 21.4 Å². The first kappa shape index (κ1) is 16.2. The van der Waals surface area contributed by atoms with Crippen molar-refractivity contribution in [1.29, 1.82) is 5.26 Å². The second kappa shape index (κ2) is 5.58. The molecule has 1 aliphatic heterocycles. The third-order valence-electron chi connectivity index (χ3n) is 3.88. The van der Waals surface area contributed by atoms with Gasteiger partial charge in [0.15, 0.2) is 0 Å². The lowest BCUT2D eigenvalue weighted by molar-refractivity contribution is -0.384. The van der Waals surface area contributed by atoms with Crippen LogP contribution in [0.3, 0.4) is 0 Å². The number of rotatable bonds is 3. The second-order valence-electron chi connectivity index (χ2n) is 7.24. The van der Waals surface area contributed by atoms with Crippen LogP contribution in [-0.4, -0.2) is 22.0 Å². The number of nitrogens with one attached hydrogen (secondary N) is 2. The third-order valence-corrected chi connectivity index (χ3v) is 3.88. The standard InChI is InChI=1S/C16H22N4O2/c1-15(2)8-12(9-16(3,4)19-15)18-14-6-5-13(20(21)22)7-11(14)10-17/h5-7,12,18-19H,8-9H2,1-4H3. The van der Waals surface area contributed by atoms with E-state index >= 15 is 0 Å². The Morgan fingerprint density at radius 1 is 1.32 bits per heavy atom. The number of hydrogen-bond acceptors (Lipinski definition) is 5. The molecule has 0 unspecified atom stereocenters. The molecule has 22 heavy (non-hydrogen) atoms. The molecule has 0 saturated carbocycles. The minimum atomic E-state index is -0.485. The Bertz CT molecular complexity index is 616. The minimum Gasteiger partial charge on any atom is -0.381 e. The summed E-state index contributed by atoms with van der Waals surface area (Å²) in [5.41, 5.74) is 0.892. The zero-order valence-electron chi connectivity index (χ0n) is 13.4. The normalized spacial score (nSPS) is 20.1. The summed E-state index contributed by atoms with van der Waals surface area (Å²) in [6.07, 6.45) is 1.83. The lowest BCUT2D eigenvalue weighted by atomic mass is 9.79. The van der Waals surface area contributed by atoms with Crippen molar-refractivity contribution >= 4 is 11.4 Å². The lowest BCUT2D eigenvalue weighted by Crippen LogP contribution is -2.60. The summed E-state index contributed by atoms with van der Waals surface area (Å²) in [6, 6.07) is 6.62. The number of nitro groups is 1. The Hall–Kier alpha value is -2.13. The SMILES string of the molecule is CC1(C)CC(Nc2ccc([N+](=O)[O-])cc2C#N)CC(C)(C)N1. The van der Waals surface area contributed by atoms with Crippen LogP contribution in [0.2, 0.25) is 0 Å². The van der Waals surface area contributed by atoms with E-state index in [0.717, 1.165) is 12.8 Å². The van der Waals surface area contributed by atoms with Crippen molar-refractivity contribution in [2.45, 2.75) is 57.7 Å². The monoisotopic (exact) mass is 302 g/mol. The highest BCUT2D eigenvalue weighted by Crippen LogP contribution is 2.31. The number of benzene rings is 1. The first-order valence-corrected chi connectivity index (χ1v) is 7.36. The van der Waals surface area contributed by atoms with Gasteiger partial charge in [0.05, 0.1) is 16.2 Å². The molecule has 2 N–H and O–H groups in total. The van der Waals surface area contributed by atoms with Gasteiger partial charge >= 0.3 is 0 Å². The molecule has 1 fully saturated rings. The predicted octanol–water partition coefficient (Wildman–Crippen LogP) is 3.19. The van der Waals surface area contributed by atoms with Crippen molar-refractivity contribution in [3.05, 3.63) is 33.9 Å². The number of nitriles is 1. The molecule has 1 aliphatic rings. The van der Waals surface area contributed by atoms with E-state index in [0.29, 0.717) is 11.3 Å². The third kappa shape index (κ3) is 3.74. The molecule has 6 heteroatoms. The molecule has 0 amide bonds. The van der Waals surface area contributed by atoms with Crippen molar-refractivity contribution in [1.82, 2.24) is 5.32 Å². The number of nitrogens with zero attached hydrogens (tertiary/aromatic N) is 2. The number of hydrogen-bond donors (Lipinski definition) is 2. The number of piperidine rings is 1. The Morgan fingerprint density at radius 3 is 2.41 bits per heavy atom. The van der Waals surface area contributed by atoms with Gasteiger partial charge in [0.2, 0.25) is 0 Å². The zero-order valence-corrected chi connectivity index (χ0v) is 13.4. The Balaban J connectivity index is 2.23. The van der Waals surface area contributed by atoms with Crippen molar-refractivity contribution in [3.63, 3.8) is 0 Å². The van der Waals surface area contributed by atoms with Gasteiger partial charge in [-0.05, 0) is 46.6 Å². The smallest absolute Gasteiger partial charge is 0.270 e. The van der Waals surface area contributed by atoms with Crippen molar-refractivity contribution in [3.8, 4) is 6.07 Å². The van der Waals surface area contributed by atoms with Crippen LogP contribution < -0.4 is 10.6 Å². The molecule has 6 nitrogen and oxygen atoms in total. The fraction of sp³-hybridized carbons (Fsp3) is 0.562. The van der Waals surface area contributed by atoms with Crippen LogP contribution in [-0.2, 0) is 0 Å². The molecule has 0 aromatic heterocycles. The molecule has 1 saturated heterocycles. The Morgan fingerprint density at radius 2 is 1.91 bits per heavy atom. The summed E-state index contributed by atoms with van der Waals surface area (Å²) in [6.45, 7) is 8.63. The molecular formula is C16H22N4O2. The van der Waals surface area contributed by atoms with E-state index in [1.165, 1.54) is 12.1 Å². The van der Waals surface area contributed by atoms with Gasteiger partial charge in [0.1, 0.15) is 6.07 Å². The van der Waals surface area contributed by atoms with E-state index in [-0.39, 0.29) is 22.8 Å². The van der Waals surface area contributed by atoms with Crippen LogP contribution >= 0.6 is 0 Å². The summed E-state index contributed by atoms with van der Waals surface area (Å²) >= 11 is 0. The number of nitro benzene ring substituents is 1. The summed E-state index contributed by atoms with van der Waals surface area (Å²) in [5.74, 6) is 0. The van der Waals surface area contributed by atoms with Gasteiger partial charge in [-0.25, -0.2) is 0 Å². The van der Waals surface area contributed by atoms with Gasteiger partial charge in [0.25, 0.3) is 5.69 Å². The van der Waals surface area contributed by atoms with Crippen molar-refractivity contribution in [2.24, 2.45) is 0 Å². The van der Waals surface area contributed by atoms with Gasteiger partial charge in [-0.3, -0.25) is 10.1 Å². The van der Waals surface area contributed by atoms with Crippen LogP contribution in [0.5, 0.6) is 0 Å². The molecule has 0 spiro atoms. The maximum absolute atomic E-state index is 10.8. The maximum atomic E-state index is 10.8. The highest BCUT2D eigenvalue weighted by Gasteiger charge is 2.37. The van der Waals surface area contributed by atoms with Crippen LogP contribution in [0.4, 0.5) is 11.4 Å². The first-order valence-electron chi connectivity index (χ1n) is 7.36. The molecule has 0 bridgehead atoms. The Labute approximate surface area is 130 Å². The zero-order chi connectivity index (χ0) is 16.5. The van der Waals surface area contributed by atoms with Crippen molar-refractivity contribution < 1.29 is 4.92 Å². The van der Waals surface area contributed by atoms with E-state index in [1.54, 1.807) is 6.07 Å². The quantitative estimate of drug-likeness (QED) is 0.661. The molecule has 0 atom stereocenters. The average Bonchev–Trinajstić information content (AvgIpc) is 2.35. The van der Waals surface area contributed by atoms with Crippen LogP contribution in [0.15, 0.2) is 18.2 Å².